The first-order valence-electron chi connectivity index (χ1n) is 11.5. The van der Waals surface area contributed by atoms with Crippen LogP contribution >= 0.6 is 0 Å². The van der Waals surface area contributed by atoms with Crippen molar-refractivity contribution in [3.63, 3.8) is 0 Å². The Morgan fingerprint density at radius 1 is 0.759 bits per heavy atom. The topological polar surface area (TPSA) is 79.7 Å². The van der Waals surface area contributed by atoms with Crippen molar-refractivity contribution in [1.29, 1.82) is 5.26 Å². The van der Waals surface area contributed by atoms with Crippen molar-refractivity contribution in [3.05, 3.63) is 0 Å². The van der Waals surface area contributed by atoms with E-state index in [0.717, 1.165) is 90.6 Å². The number of carbonyl (C=O) groups excluding carboxylic acids is 2. The maximum absolute atomic E-state index is 12.6. The highest BCUT2D eigenvalue weighted by atomic mass is 16.2. The summed E-state index contributed by atoms with van der Waals surface area (Å²) in [4.78, 5) is 31.5. The molecule has 3 aliphatic rings. The van der Waals surface area contributed by atoms with Crippen LogP contribution in [0.25, 0.3) is 0 Å². The predicted octanol–water partition coefficient (Wildman–Crippen LogP) is 1.74. The molecule has 0 bridgehead atoms. The van der Waals surface area contributed by atoms with Gasteiger partial charge < -0.3 is 10.2 Å². The highest BCUT2D eigenvalue weighted by Gasteiger charge is 2.33. The van der Waals surface area contributed by atoms with Crippen LogP contribution < -0.4 is 5.32 Å². The highest BCUT2D eigenvalue weighted by Crippen LogP contribution is 2.26. The van der Waals surface area contributed by atoms with Gasteiger partial charge in [0, 0.05) is 39.3 Å². The van der Waals surface area contributed by atoms with Gasteiger partial charge in [-0.2, -0.15) is 5.26 Å². The van der Waals surface area contributed by atoms with Gasteiger partial charge in [0.1, 0.15) is 5.54 Å². The minimum Gasteiger partial charge on any atom is -0.342 e. The molecule has 2 amide bonds. The lowest BCUT2D eigenvalue weighted by Gasteiger charge is -2.35. The number of rotatable bonds is 5. The molecule has 7 nitrogen and oxygen atoms in total. The summed E-state index contributed by atoms with van der Waals surface area (Å²) in [6.07, 6.45) is 10.6. The highest BCUT2D eigenvalue weighted by molar-refractivity contribution is 5.79. The maximum Gasteiger partial charge on any atom is 0.236 e. The van der Waals surface area contributed by atoms with Crippen molar-refractivity contribution in [2.24, 2.45) is 0 Å². The van der Waals surface area contributed by atoms with E-state index in [9.17, 15) is 14.9 Å². The van der Waals surface area contributed by atoms with Crippen LogP contribution in [0.1, 0.15) is 64.2 Å². The number of hydrogen-bond acceptors (Lipinski definition) is 5. The first kappa shape index (κ1) is 22.0. The lowest BCUT2D eigenvalue weighted by molar-refractivity contribution is -0.133. The number of likely N-dealkylation sites (tertiary alicyclic amines) is 1. The SMILES string of the molecule is N#CC1(NC(=O)CN2CCN(CC(=O)N3CCCCCC3)CC2)CCCCCC1. The van der Waals surface area contributed by atoms with Crippen molar-refractivity contribution >= 4 is 11.8 Å². The number of hydrogen-bond donors (Lipinski definition) is 1. The second kappa shape index (κ2) is 10.9. The van der Waals surface area contributed by atoms with Gasteiger partial charge in [-0.1, -0.05) is 38.5 Å². The van der Waals surface area contributed by atoms with E-state index in [2.05, 4.69) is 21.2 Å². The largest absolute Gasteiger partial charge is 0.342 e. The van der Waals surface area contributed by atoms with E-state index in [0.29, 0.717) is 13.1 Å². The van der Waals surface area contributed by atoms with Crippen molar-refractivity contribution in [1.82, 2.24) is 20.0 Å². The molecule has 162 valence electrons. The zero-order chi connectivity index (χ0) is 20.5. The molecule has 7 heteroatoms. The minimum absolute atomic E-state index is 0.0393. The summed E-state index contributed by atoms with van der Waals surface area (Å²) >= 11 is 0. The average molecular weight is 404 g/mol. The summed E-state index contributed by atoms with van der Waals surface area (Å²) in [6, 6.07) is 2.39. The molecule has 1 saturated carbocycles. The van der Waals surface area contributed by atoms with Crippen LogP contribution in [0.4, 0.5) is 0 Å². The van der Waals surface area contributed by atoms with E-state index >= 15 is 0 Å². The van der Waals surface area contributed by atoms with Crippen LogP contribution in [-0.2, 0) is 9.59 Å². The summed E-state index contributed by atoms with van der Waals surface area (Å²) in [5.74, 6) is 0.213. The van der Waals surface area contributed by atoms with Crippen molar-refractivity contribution in [2.45, 2.75) is 69.7 Å². The fourth-order valence-electron chi connectivity index (χ4n) is 4.82. The van der Waals surface area contributed by atoms with Crippen LogP contribution in [0.5, 0.6) is 0 Å². The van der Waals surface area contributed by atoms with Gasteiger partial charge in [0.25, 0.3) is 0 Å². The Labute approximate surface area is 175 Å². The number of nitriles is 1. The maximum atomic E-state index is 12.6. The molecular weight excluding hydrogens is 366 g/mol. The first-order chi connectivity index (χ1) is 14.1. The molecule has 1 aliphatic carbocycles. The lowest BCUT2D eigenvalue weighted by Crippen LogP contribution is -2.54. The second-order valence-electron chi connectivity index (χ2n) is 9.00. The zero-order valence-corrected chi connectivity index (χ0v) is 17.8. The fraction of sp³-hybridized carbons (Fsp3) is 0.864. The van der Waals surface area contributed by atoms with E-state index in [1.165, 1.54) is 12.8 Å². The third kappa shape index (κ3) is 6.68. The summed E-state index contributed by atoms with van der Waals surface area (Å²) in [5.41, 5.74) is -0.672. The van der Waals surface area contributed by atoms with Gasteiger partial charge in [-0.05, 0) is 25.7 Å². The molecule has 2 heterocycles. The number of nitrogens with zero attached hydrogens (tertiary/aromatic N) is 4. The molecule has 2 saturated heterocycles. The predicted molar refractivity (Wildman–Crippen MR) is 112 cm³/mol. The normalized spacial score (nSPS) is 24.2. The van der Waals surface area contributed by atoms with E-state index in [4.69, 9.17) is 0 Å². The monoisotopic (exact) mass is 403 g/mol. The van der Waals surface area contributed by atoms with Crippen molar-refractivity contribution in [3.8, 4) is 6.07 Å². The Morgan fingerprint density at radius 3 is 1.83 bits per heavy atom. The number of nitrogens with one attached hydrogen (secondary N) is 1. The second-order valence-corrected chi connectivity index (χ2v) is 9.00. The van der Waals surface area contributed by atoms with Crippen LogP contribution in [0.3, 0.4) is 0 Å². The molecule has 29 heavy (non-hydrogen) atoms. The van der Waals surface area contributed by atoms with E-state index < -0.39 is 5.54 Å². The van der Waals surface area contributed by atoms with Crippen LogP contribution in [0.2, 0.25) is 0 Å². The van der Waals surface area contributed by atoms with Crippen molar-refractivity contribution in [2.75, 3.05) is 52.4 Å². The molecule has 0 aromatic rings. The van der Waals surface area contributed by atoms with Crippen LogP contribution in [0.15, 0.2) is 0 Å². The molecule has 0 unspecified atom stereocenters. The molecule has 0 radical (unpaired) electrons. The van der Waals surface area contributed by atoms with Gasteiger partial charge in [-0.15, -0.1) is 0 Å². The van der Waals surface area contributed by atoms with E-state index in [1.807, 2.05) is 4.90 Å². The summed E-state index contributed by atoms with van der Waals surface area (Å²) in [5, 5.41) is 12.7. The number of amides is 2. The third-order valence-corrected chi connectivity index (χ3v) is 6.70. The number of piperazine rings is 1. The van der Waals surface area contributed by atoms with Gasteiger partial charge in [0.2, 0.25) is 11.8 Å². The summed E-state index contributed by atoms with van der Waals surface area (Å²) < 4.78 is 0. The Bertz CT molecular complexity index is 579. The van der Waals surface area contributed by atoms with Gasteiger partial charge in [0.15, 0.2) is 0 Å². The standard InChI is InChI=1S/C22H37N5O2/c23-19-22(9-5-1-2-6-10-22)24-20(28)17-25-13-15-26(16-14-25)18-21(29)27-11-7-3-4-8-12-27/h1-18H2,(H,24,28). The number of carbonyl (C=O) groups is 2. The molecular formula is C22H37N5O2. The van der Waals surface area contributed by atoms with Gasteiger partial charge in [0.05, 0.1) is 19.2 Å². The van der Waals surface area contributed by atoms with Crippen molar-refractivity contribution < 1.29 is 9.59 Å². The molecule has 3 rings (SSSR count). The summed E-state index contributed by atoms with van der Waals surface area (Å²) in [6.45, 7) is 5.86. The van der Waals surface area contributed by atoms with Gasteiger partial charge in [-0.25, -0.2) is 0 Å². The molecule has 0 spiro atoms. The Kier molecular flexibility index (Phi) is 8.31. The fourth-order valence-corrected chi connectivity index (χ4v) is 4.82. The minimum atomic E-state index is -0.672. The average Bonchev–Trinajstić information content (AvgIpc) is 3.13. The first-order valence-corrected chi connectivity index (χ1v) is 11.5. The molecule has 0 atom stereocenters. The lowest BCUT2D eigenvalue weighted by atomic mass is 9.92. The quantitative estimate of drug-likeness (QED) is 0.708. The zero-order valence-electron chi connectivity index (χ0n) is 17.8. The summed E-state index contributed by atoms with van der Waals surface area (Å²) in [7, 11) is 0. The molecule has 2 aliphatic heterocycles. The van der Waals surface area contributed by atoms with Gasteiger partial charge in [-0.3, -0.25) is 19.4 Å². The van der Waals surface area contributed by atoms with Gasteiger partial charge >= 0.3 is 0 Å². The Balaban J connectivity index is 1.39. The smallest absolute Gasteiger partial charge is 0.236 e. The third-order valence-electron chi connectivity index (χ3n) is 6.70. The van der Waals surface area contributed by atoms with Crippen LogP contribution in [-0.4, -0.2) is 84.4 Å². The van der Waals surface area contributed by atoms with Crippen LogP contribution in [0, 0.1) is 11.3 Å². The van der Waals surface area contributed by atoms with E-state index in [1.54, 1.807) is 0 Å². The molecule has 1 N–H and O–H groups in total. The Hall–Kier alpha value is -1.65. The Morgan fingerprint density at radius 2 is 1.28 bits per heavy atom. The molecule has 3 fully saturated rings. The molecule has 0 aromatic heterocycles. The van der Waals surface area contributed by atoms with E-state index in [-0.39, 0.29) is 11.8 Å². The molecule has 0 aromatic carbocycles.